The van der Waals surface area contributed by atoms with Gasteiger partial charge in [-0.15, -0.1) is 11.3 Å². The molecule has 0 spiro atoms. The highest BCUT2D eigenvalue weighted by Crippen LogP contribution is 2.41. The molecule has 0 saturated carbocycles. The normalized spacial score (nSPS) is 17.9. The van der Waals surface area contributed by atoms with E-state index < -0.39 is 0 Å². The maximum atomic E-state index is 13.7. The molecule has 2 aromatic heterocycles. The average Bonchev–Trinajstić information content (AvgIpc) is 3.20. The van der Waals surface area contributed by atoms with Gasteiger partial charge in [-0.3, -0.25) is 4.79 Å². The van der Waals surface area contributed by atoms with Gasteiger partial charge < -0.3 is 5.32 Å². The van der Waals surface area contributed by atoms with E-state index in [0.29, 0.717) is 5.69 Å². The van der Waals surface area contributed by atoms with E-state index in [0.717, 1.165) is 34.8 Å². The summed E-state index contributed by atoms with van der Waals surface area (Å²) in [5, 5.41) is 10.6. The summed E-state index contributed by atoms with van der Waals surface area (Å²) >= 11 is 1.55. The third-order valence-electron chi connectivity index (χ3n) is 5.08. The molecule has 1 aliphatic rings. The maximum Gasteiger partial charge on any atom is 0.226 e. The first-order valence-corrected chi connectivity index (χ1v) is 10.2. The zero-order valence-electron chi connectivity index (χ0n) is 16.2. The SMILES string of the molecule is Cc1nc(CC(=O)NC2CC(C)(C)Cc3c2cnn3-c2cccc(F)c2)cs1. The van der Waals surface area contributed by atoms with Crippen LogP contribution in [0.1, 0.15) is 48.3 Å². The van der Waals surface area contributed by atoms with Gasteiger partial charge in [-0.2, -0.15) is 5.10 Å². The molecular formula is C21H23FN4OS. The highest BCUT2D eigenvalue weighted by Gasteiger charge is 2.36. The monoisotopic (exact) mass is 398 g/mol. The molecule has 1 amide bonds. The number of nitrogens with zero attached hydrogens (tertiary/aromatic N) is 3. The van der Waals surface area contributed by atoms with Gasteiger partial charge in [-0.25, -0.2) is 14.1 Å². The molecule has 1 aliphatic carbocycles. The van der Waals surface area contributed by atoms with Crippen LogP contribution < -0.4 is 5.32 Å². The molecule has 0 fully saturated rings. The molecule has 0 saturated heterocycles. The summed E-state index contributed by atoms with van der Waals surface area (Å²) in [5.74, 6) is -0.335. The number of rotatable bonds is 4. The minimum atomic E-state index is -0.291. The molecule has 146 valence electrons. The van der Waals surface area contributed by atoms with Crippen LogP contribution in [0.5, 0.6) is 0 Å². The second kappa shape index (κ2) is 7.13. The quantitative estimate of drug-likeness (QED) is 0.718. The van der Waals surface area contributed by atoms with Crippen molar-refractivity contribution in [3.63, 3.8) is 0 Å². The fourth-order valence-electron chi connectivity index (χ4n) is 3.90. The Labute approximate surface area is 167 Å². The molecule has 7 heteroatoms. The molecule has 28 heavy (non-hydrogen) atoms. The van der Waals surface area contributed by atoms with Crippen LogP contribution in [0.4, 0.5) is 4.39 Å². The number of hydrogen-bond acceptors (Lipinski definition) is 4. The molecule has 5 nitrogen and oxygen atoms in total. The number of benzene rings is 1. The Balaban J connectivity index is 1.61. The fraction of sp³-hybridized carbons (Fsp3) is 0.381. The van der Waals surface area contributed by atoms with Crippen molar-refractivity contribution in [3.8, 4) is 5.69 Å². The number of carbonyl (C=O) groups is 1. The summed E-state index contributed by atoms with van der Waals surface area (Å²) in [4.78, 5) is 17.0. The topological polar surface area (TPSA) is 59.8 Å². The number of amides is 1. The summed E-state index contributed by atoms with van der Waals surface area (Å²) in [7, 11) is 0. The van der Waals surface area contributed by atoms with Crippen molar-refractivity contribution in [2.45, 2.75) is 46.1 Å². The van der Waals surface area contributed by atoms with Crippen LogP contribution in [0.25, 0.3) is 5.69 Å². The van der Waals surface area contributed by atoms with Crippen molar-refractivity contribution >= 4 is 17.2 Å². The lowest BCUT2D eigenvalue weighted by atomic mass is 9.74. The molecule has 0 bridgehead atoms. The van der Waals surface area contributed by atoms with Gasteiger partial charge in [0, 0.05) is 10.9 Å². The van der Waals surface area contributed by atoms with Crippen molar-refractivity contribution in [3.05, 3.63) is 63.6 Å². The molecule has 0 radical (unpaired) electrons. The van der Waals surface area contributed by atoms with E-state index >= 15 is 0 Å². The van der Waals surface area contributed by atoms with Crippen LogP contribution in [0, 0.1) is 18.2 Å². The van der Waals surface area contributed by atoms with Gasteiger partial charge in [0.2, 0.25) is 5.91 Å². The van der Waals surface area contributed by atoms with Crippen LogP contribution in [0.2, 0.25) is 0 Å². The Kier molecular flexibility index (Phi) is 4.79. The molecule has 1 N–H and O–H groups in total. The number of fused-ring (bicyclic) bond motifs is 1. The van der Waals surface area contributed by atoms with E-state index in [2.05, 4.69) is 29.2 Å². The van der Waals surface area contributed by atoms with Gasteiger partial charge in [0.05, 0.1) is 40.7 Å². The fourth-order valence-corrected chi connectivity index (χ4v) is 4.51. The Morgan fingerprint density at radius 3 is 2.96 bits per heavy atom. The molecule has 1 atom stereocenters. The Morgan fingerprint density at radius 2 is 2.25 bits per heavy atom. The van der Waals surface area contributed by atoms with Crippen molar-refractivity contribution < 1.29 is 9.18 Å². The zero-order valence-corrected chi connectivity index (χ0v) is 17.0. The largest absolute Gasteiger partial charge is 0.349 e. The van der Waals surface area contributed by atoms with E-state index in [1.165, 1.54) is 12.1 Å². The first kappa shape index (κ1) is 18.8. The van der Waals surface area contributed by atoms with Crippen LogP contribution in [0.15, 0.2) is 35.8 Å². The second-order valence-electron chi connectivity index (χ2n) is 8.14. The van der Waals surface area contributed by atoms with Gasteiger partial charge in [-0.1, -0.05) is 19.9 Å². The van der Waals surface area contributed by atoms with Gasteiger partial charge in [-0.05, 0) is 43.4 Å². The minimum absolute atomic E-state index is 0.00667. The molecule has 4 rings (SSSR count). The summed E-state index contributed by atoms with van der Waals surface area (Å²) in [6.07, 6.45) is 3.72. The van der Waals surface area contributed by atoms with Gasteiger partial charge in [0.1, 0.15) is 5.82 Å². The molecule has 1 aromatic carbocycles. The minimum Gasteiger partial charge on any atom is -0.349 e. The van der Waals surface area contributed by atoms with Gasteiger partial charge in [0.15, 0.2) is 0 Å². The molecule has 3 aromatic rings. The summed E-state index contributed by atoms with van der Waals surface area (Å²) in [6.45, 7) is 6.30. The van der Waals surface area contributed by atoms with E-state index in [1.54, 1.807) is 28.3 Å². The first-order chi connectivity index (χ1) is 13.3. The highest BCUT2D eigenvalue weighted by molar-refractivity contribution is 7.09. The predicted octanol–water partition coefficient (Wildman–Crippen LogP) is 4.15. The Morgan fingerprint density at radius 1 is 1.43 bits per heavy atom. The van der Waals surface area contributed by atoms with E-state index in [-0.39, 0.29) is 29.6 Å². The number of aryl methyl sites for hydroxylation is 1. The van der Waals surface area contributed by atoms with Crippen molar-refractivity contribution in [1.29, 1.82) is 0 Å². The lowest BCUT2D eigenvalue weighted by Crippen LogP contribution is -2.37. The third kappa shape index (κ3) is 3.85. The smallest absolute Gasteiger partial charge is 0.226 e. The molecule has 1 unspecified atom stereocenters. The van der Waals surface area contributed by atoms with Crippen molar-refractivity contribution in [2.24, 2.45) is 5.41 Å². The van der Waals surface area contributed by atoms with E-state index in [9.17, 15) is 9.18 Å². The van der Waals surface area contributed by atoms with E-state index in [1.807, 2.05) is 18.4 Å². The van der Waals surface area contributed by atoms with Crippen LogP contribution in [-0.2, 0) is 17.6 Å². The van der Waals surface area contributed by atoms with Crippen molar-refractivity contribution in [1.82, 2.24) is 20.1 Å². The molecular weight excluding hydrogens is 375 g/mol. The first-order valence-electron chi connectivity index (χ1n) is 9.34. The lowest BCUT2D eigenvalue weighted by Gasteiger charge is -2.36. The number of hydrogen-bond donors (Lipinski definition) is 1. The third-order valence-corrected chi connectivity index (χ3v) is 5.90. The highest BCUT2D eigenvalue weighted by atomic mass is 32.1. The average molecular weight is 399 g/mol. The Bertz CT molecular complexity index is 1020. The Hall–Kier alpha value is -2.54. The van der Waals surface area contributed by atoms with Gasteiger partial charge in [0.25, 0.3) is 0 Å². The van der Waals surface area contributed by atoms with Crippen LogP contribution in [-0.4, -0.2) is 20.7 Å². The number of carbonyl (C=O) groups excluding carboxylic acids is 1. The molecule has 0 aliphatic heterocycles. The van der Waals surface area contributed by atoms with Crippen LogP contribution in [0.3, 0.4) is 0 Å². The van der Waals surface area contributed by atoms with Crippen molar-refractivity contribution in [2.75, 3.05) is 0 Å². The summed E-state index contributed by atoms with van der Waals surface area (Å²) in [6, 6.07) is 6.31. The summed E-state index contributed by atoms with van der Waals surface area (Å²) in [5.41, 5.74) is 3.52. The van der Waals surface area contributed by atoms with E-state index in [4.69, 9.17) is 0 Å². The number of halogens is 1. The second-order valence-corrected chi connectivity index (χ2v) is 9.20. The number of nitrogens with one attached hydrogen (secondary N) is 1. The predicted molar refractivity (Wildman–Crippen MR) is 107 cm³/mol. The maximum absolute atomic E-state index is 13.7. The number of aromatic nitrogens is 3. The summed E-state index contributed by atoms with van der Waals surface area (Å²) < 4.78 is 15.5. The lowest BCUT2D eigenvalue weighted by molar-refractivity contribution is -0.121. The zero-order chi connectivity index (χ0) is 19.9. The number of thiazole rings is 1. The standard InChI is InChI=1S/C21H23FN4OS/c1-13-24-15(12-28-13)8-20(27)25-18-9-21(2,3)10-19-17(18)11-23-26(19)16-6-4-5-14(22)7-16/h4-7,11-12,18H,8-10H2,1-3H3,(H,25,27). The van der Waals surface area contributed by atoms with Gasteiger partial charge >= 0.3 is 0 Å². The van der Waals surface area contributed by atoms with Crippen LogP contribution >= 0.6 is 11.3 Å². The molecule has 2 heterocycles.